The van der Waals surface area contributed by atoms with Gasteiger partial charge in [0, 0.05) is 41.2 Å². The molecule has 0 aliphatic rings. The maximum Gasteiger partial charge on any atom is 0.244 e. The Hall–Kier alpha value is -3.21. The highest BCUT2D eigenvalue weighted by Gasteiger charge is 2.33. The van der Waals surface area contributed by atoms with Crippen molar-refractivity contribution >= 4 is 50.7 Å². The molecule has 0 aliphatic carbocycles. The summed E-state index contributed by atoms with van der Waals surface area (Å²) in [5.74, 6) is -3.71. The topological polar surface area (TPSA) is 86.8 Å². The number of amides is 2. The number of rotatable bonds is 11. The summed E-state index contributed by atoms with van der Waals surface area (Å²) >= 11 is 12.8. The molecule has 1 N–H and O–H groups in total. The molecular formula is C27H27Cl2F2N3O4S. The fourth-order valence-electron chi connectivity index (χ4n) is 3.95. The summed E-state index contributed by atoms with van der Waals surface area (Å²) in [7, 11) is -4.14. The molecule has 3 aromatic rings. The smallest absolute Gasteiger partial charge is 0.244 e. The van der Waals surface area contributed by atoms with Gasteiger partial charge < -0.3 is 10.2 Å². The Morgan fingerprint density at radius 2 is 1.59 bits per heavy atom. The summed E-state index contributed by atoms with van der Waals surface area (Å²) in [6, 6.07) is 15.2. The van der Waals surface area contributed by atoms with Gasteiger partial charge in [-0.25, -0.2) is 17.2 Å². The summed E-state index contributed by atoms with van der Waals surface area (Å²) < 4.78 is 53.5. The van der Waals surface area contributed by atoms with Gasteiger partial charge in [0.05, 0.1) is 11.9 Å². The second-order valence-electron chi connectivity index (χ2n) is 8.69. The van der Waals surface area contributed by atoms with Crippen LogP contribution in [0.3, 0.4) is 0 Å². The minimum Gasteiger partial charge on any atom is -0.355 e. The fraction of sp³-hybridized carbons (Fsp3) is 0.259. The zero-order valence-corrected chi connectivity index (χ0v) is 23.5. The standard InChI is InChI=1S/C27H27Cl2F2N3O4S/c1-3-32-27(36)25(14-18-8-5-4-6-9-18)33(16-20-21(28)10-7-11-22(20)29)26(35)17-34(39(2,37)38)19-12-13-23(30)24(31)15-19/h4-13,15,25H,3,14,16-17H2,1-2H3,(H,32,36). The van der Waals surface area contributed by atoms with E-state index in [9.17, 15) is 26.8 Å². The third-order valence-electron chi connectivity index (χ3n) is 5.88. The molecule has 3 rings (SSSR count). The first-order chi connectivity index (χ1) is 18.4. The van der Waals surface area contributed by atoms with Gasteiger partial charge in [-0.3, -0.25) is 13.9 Å². The highest BCUT2D eigenvalue weighted by molar-refractivity contribution is 7.92. The predicted molar refractivity (Wildman–Crippen MR) is 148 cm³/mol. The zero-order chi connectivity index (χ0) is 28.7. The first kappa shape index (κ1) is 30.3. The monoisotopic (exact) mass is 597 g/mol. The highest BCUT2D eigenvalue weighted by Crippen LogP contribution is 2.28. The molecule has 0 aromatic heterocycles. The lowest BCUT2D eigenvalue weighted by Crippen LogP contribution is -2.53. The second-order valence-corrected chi connectivity index (χ2v) is 11.4. The molecule has 0 spiro atoms. The normalized spacial score (nSPS) is 12.1. The van der Waals surface area contributed by atoms with Gasteiger partial charge in [0.15, 0.2) is 11.6 Å². The van der Waals surface area contributed by atoms with Crippen molar-refractivity contribution in [3.63, 3.8) is 0 Å². The van der Waals surface area contributed by atoms with Crippen LogP contribution in [0.1, 0.15) is 18.1 Å². The Bertz CT molecular complexity index is 1420. The number of likely N-dealkylation sites (N-methyl/N-ethyl adjacent to an activating group) is 1. The third kappa shape index (κ3) is 7.90. The number of hydrogen-bond donors (Lipinski definition) is 1. The van der Waals surface area contributed by atoms with Crippen LogP contribution in [-0.2, 0) is 32.6 Å². The summed E-state index contributed by atoms with van der Waals surface area (Å²) in [5, 5.41) is 3.21. The van der Waals surface area contributed by atoms with Crippen LogP contribution in [-0.4, -0.2) is 50.5 Å². The van der Waals surface area contributed by atoms with Crippen LogP contribution >= 0.6 is 23.2 Å². The summed E-state index contributed by atoms with van der Waals surface area (Å²) in [4.78, 5) is 28.4. The molecule has 208 valence electrons. The van der Waals surface area contributed by atoms with E-state index >= 15 is 0 Å². The number of anilines is 1. The van der Waals surface area contributed by atoms with E-state index in [0.29, 0.717) is 15.9 Å². The van der Waals surface area contributed by atoms with Crippen molar-refractivity contribution in [2.45, 2.75) is 25.9 Å². The van der Waals surface area contributed by atoms with Crippen LogP contribution in [0.2, 0.25) is 10.0 Å². The molecule has 1 unspecified atom stereocenters. The van der Waals surface area contributed by atoms with Gasteiger partial charge in [0.1, 0.15) is 12.6 Å². The second kappa shape index (κ2) is 13.2. The van der Waals surface area contributed by atoms with Crippen LogP contribution in [0.4, 0.5) is 14.5 Å². The van der Waals surface area contributed by atoms with Gasteiger partial charge in [-0.1, -0.05) is 59.6 Å². The van der Waals surface area contributed by atoms with E-state index in [2.05, 4.69) is 5.32 Å². The number of hydrogen-bond acceptors (Lipinski definition) is 4. The van der Waals surface area contributed by atoms with Gasteiger partial charge in [-0.05, 0) is 36.8 Å². The Labute approximate surface area is 236 Å². The Kier molecular flexibility index (Phi) is 10.3. The lowest BCUT2D eigenvalue weighted by molar-refractivity contribution is -0.140. The summed E-state index contributed by atoms with van der Waals surface area (Å²) in [6.45, 7) is 0.990. The van der Waals surface area contributed by atoms with E-state index in [1.807, 2.05) is 6.07 Å². The van der Waals surface area contributed by atoms with Crippen LogP contribution in [0.15, 0.2) is 66.7 Å². The molecule has 1 atom stereocenters. The summed E-state index contributed by atoms with van der Waals surface area (Å²) in [6.07, 6.45) is 0.937. The van der Waals surface area contributed by atoms with E-state index in [0.717, 1.165) is 24.0 Å². The lowest BCUT2D eigenvalue weighted by atomic mass is 10.0. The van der Waals surface area contributed by atoms with Crippen molar-refractivity contribution < 1.29 is 26.8 Å². The Morgan fingerprint density at radius 1 is 0.949 bits per heavy atom. The number of benzene rings is 3. The summed E-state index contributed by atoms with van der Waals surface area (Å²) in [5.41, 5.74) is 0.853. The molecule has 0 radical (unpaired) electrons. The van der Waals surface area contributed by atoms with E-state index in [1.165, 1.54) is 4.90 Å². The molecule has 0 saturated carbocycles. The van der Waals surface area contributed by atoms with E-state index in [1.54, 1.807) is 49.4 Å². The molecule has 0 saturated heterocycles. The first-order valence-electron chi connectivity index (χ1n) is 11.9. The zero-order valence-electron chi connectivity index (χ0n) is 21.2. The van der Waals surface area contributed by atoms with Gasteiger partial charge in [0.2, 0.25) is 21.8 Å². The maximum absolute atomic E-state index is 14.0. The SMILES string of the molecule is CCNC(=O)C(Cc1ccccc1)N(Cc1c(Cl)cccc1Cl)C(=O)CN(c1ccc(F)c(F)c1)S(C)(=O)=O. The molecule has 3 aromatic carbocycles. The van der Waals surface area contributed by atoms with Crippen LogP contribution in [0.25, 0.3) is 0 Å². The molecule has 39 heavy (non-hydrogen) atoms. The quantitative estimate of drug-likeness (QED) is 0.343. The predicted octanol–water partition coefficient (Wildman–Crippen LogP) is 4.81. The number of nitrogens with one attached hydrogen (secondary N) is 1. The van der Waals surface area contributed by atoms with E-state index in [4.69, 9.17) is 23.2 Å². The van der Waals surface area contributed by atoms with Gasteiger partial charge in [0.25, 0.3) is 0 Å². The molecule has 0 fully saturated rings. The van der Waals surface area contributed by atoms with Crippen LogP contribution in [0.5, 0.6) is 0 Å². The largest absolute Gasteiger partial charge is 0.355 e. The number of halogens is 4. The molecule has 0 heterocycles. The molecule has 12 heteroatoms. The van der Waals surface area contributed by atoms with E-state index in [-0.39, 0.29) is 35.2 Å². The Balaban J connectivity index is 2.09. The van der Waals surface area contributed by atoms with Crippen molar-refractivity contribution in [1.29, 1.82) is 0 Å². The third-order valence-corrected chi connectivity index (χ3v) is 7.73. The van der Waals surface area contributed by atoms with Crippen molar-refractivity contribution in [3.8, 4) is 0 Å². The molecule has 0 bridgehead atoms. The molecule has 2 amide bonds. The maximum atomic E-state index is 14.0. The van der Waals surface area contributed by atoms with Crippen molar-refractivity contribution in [2.75, 3.05) is 23.7 Å². The van der Waals surface area contributed by atoms with E-state index < -0.39 is 46.1 Å². The molecule has 7 nitrogen and oxygen atoms in total. The average Bonchev–Trinajstić information content (AvgIpc) is 2.88. The van der Waals surface area contributed by atoms with Gasteiger partial charge in [-0.15, -0.1) is 0 Å². The number of nitrogens with zero attached hydrogens (tertiary/aromatic N) is 2. The first-order valence-corrected chi connectivity index (χ1v) is 14.5. The lowest BCUT2D eigenvalue weighted by Gasteiger charge is -2.33. The minimum absolute atomic E-state index is 0.102. The van der Waals surface area contributed by atoms with Crippen molar-refractivity contribution in [3.05, 3.63) is 99.5 Å². The minimum atomic E-state index is -4.14. The Morgan fingerprint density at radius 3 is 2.15 bits per heavy atom. The number of carbonyl (C=O) groups is 2. The van der Waals surface area contributed by atoms with Gasteiger partial charge in [-0.2, -0.15) is 0 Å². The highest BCUT2D eigenvalue weighted by atomic mass is 35.5. The number of sulfonamides is 1. The molecule has 0 aliphatic heterocycles. The van der Waals surface area contributed by atoms with Crippen LogP contribution < -0.4 is 9.62 Å². The molecular weight excluding hydrogens is 571 g/mol. The average molecular weight is 598 g/mol. The van der Waals surface area contributed by atoms with Crippen molar-refractivity contribution in [2.24, 2.45) is 0 Å². The van der Waals surface area contributed by atoms with Gasteiger partial charge >= 0.3 is 0 Å². The number of carbonyl (C=O) groups excluding carboxylic acids is 2. The van der Waals surface area contributed by atoms with Crippen LogP contribution in [0, 0.1) is 11.6 Å². The van der Waals surface area contributed by atoms with Crippen molar-refractivity contribution in [1.82, 2.24) is 10.2 Å². The fourth-order valence-corrected chi connectivity index (χ4v) is 5.31.